The van der Waals surface area contributed by atoms with Crippen molar-refractivity contribution in [3.63, 3.8) is 0 Å². The molecule has 0 aromatic carbocycles. The largest absolute Gasteiger partial charge is 0.313 e. The van der Waals surface area contributed by atoms with Crippen molar-refractivity contribution in [2.24, 2.45) is 0 Å². The van der Waals surface area contributed by atoms with E-state index in [1.807, 2.05) is 0 Å². The normalized spacial score (nSPS) is 33.1. The van der Waals surface area contributed by atoms with E-state index >= 15 is 0 Å². The summed E-state index contributed by atoms with van der Waals surface area (Å²) in [5.74, 6) is 0. The van der Waals surface area contributed by atoms with Crippen molar-refractivity contribution in [2.45, 2.75) is 44.7 Å². The van der Waals surface area contributed by atoms with Crippen LogP contribution in [0.4, 0.5) is 0 Å². The zero-order chi connectivity index (χ0) is 11.6. The number of hydrogen-bond acceptors (Lipinski definition) is 3. The molecule has 2 aliphatic heterocycles. The van der Waals surface area contributed by atoms with Crippen LogP contribution >= 0.6 is 0 Å². The van der Waals surface area contributed by atoms with Gasteiger partial charge in [-0.3, -0.25) is 0 Å². The van der Waals surface area contributed by atoms with Gasteiger partial charge in [-0.05, 0) is 32.6 Å². The first-order valence-electron chi connectivity index (χ1n) is 6.09. The summed E-state index contributed by atoms with van der Waals surface area (Å²) in [7, 11) is -3.23. The highest BCUT2D eigenvalue weighted by Gasteiger charge is 2.29. The van der Waals surface area contributed by atoms with Gasteiger partial charge in [-0.2, -0.15) is 17.4 Å². The molecule has 6 heteroatoms. The molecule has 0 aliphatic carbocycles. The van der Waals surface area contributed by atoms with Crippen LogP contribution in [-0.2, 0) is 10.2 Å². The highest BCUT2D eigenvalue weighted by atomic mass is 32.2. The highest BCUT2D eigenvalue weighted by Crippen LogP contribution is 2.14. The van der Waals surface area contributed by atoms with Crippen molar-refractivity contribution in [1.29, 1.82) is 0 Å². The maximum Gasteiger partial charge on any atom is 0.279 e. The summed E-state index contributed by atoms with van der Waals surface area (Å²) in [4.78, 5) is 0. The lowest BCUT2D eigenvalue weighted by molar-refractivity contribution is 0.357. The Kier molecular flexibility index (Phi) is 3.84. The van der Waals surface area contributed by atoms with Gasteiger partial charge in [0.05, 0.1) is 0 Å². The number of nitrogens with zero attached hydrogens (tertiary/aromatic N) is 1. The summed E-state index contributed by atoms with van der Waals surface area (Å²) in [6.07, 6.45) is 3.94. The van der Waals surface area contributed by atoms with E-state index < -0.39 is 10.2 Å². The summed E-state index contributed by atoms with van der Waals surface area (Å²) in [5, 5.41) is 3.30. The fourth-order valence-electron chi connectivity index (χ4n) is 2.31. The van der Waals surface area contributed by atoms with Crippen molar-refractivity contribution < 1.29 is 8.42 Å². The van der Waals surface area contributed by atoms with Crippen molar-refractivity contribution in [1.82, 2.24) is 14.3 Å². The molecule has 94 valence electrons. The van der Waals surface area contributed by atoms with E-state index in [9.17, 15) is 8.42 Å². The first-order chi connectivity index (χ1) is 7.58. The van der Waals surface area contributed by atoms with E-state index in [0.717, 1.165) is 32.2 Å². The Balaban J connectivity index is 1.88. The summed E-state index contributed by atoms with van der Waals surface area (Å²) < 4.78 is 28.3. The van der Waals surface area contributed by atoms with E-state index in [2.05, 4.69) is 17.0 Å². The number of rotatable bonds is 3. The third-order valence-corrected chi connectivity index (χ3v) is 5.06. The molecule has 16 heavy (non-hydrogen) atoms. The molecular weight excluding hydrogens is 226 g/mol. The Labute approximate surface area is 97.8 Å². The minimum atomic E-state index is -3.23. The third-order valence-electron chi connectivity index (χ3n) is 3.38. The van der Waals surface area contributed by atoms with Crippen LogP contribution in [0.15, 0.2) is 0 Å². The molecule has 0 radical (unpaired) electrons. The standard InChI is InChI=1S/C10H21N3O2S/c1-9-4-5-10(8-11-9)12-16(14,15)13-6-2-3-7-13/h9-12H,2-8H2,1H3. The number of hydrogen-bond donors (Lipinski definition) is 2. The van der Waals surface area contributed by atoms with Crippen LogP contribution in [-0.4, -0.2) is 44.4 Å². The SMILES string of the molecule is CC1CCC(NS(=O)(=O)N2CCCC2)CN1. The molecule has 5 nitrogen and oxygen atoms in total. The maximum atomic E-state index is 12.0. The highest BCUT2D eigenvalue weighted by molar-refractivity contribution is 7.87. The Morgan fingerprint density at radius 2 is 1.94 bits per heavy atom. The molecule has 0 saturated carbocycles. The summed E-state index contributed by atoms with van der Waals surface area (Å²) in [5.41, 5.74) is 0. The van der Waals surface area contributed by atoms with Gasteiger partial charge in [-0.25, -0.2) is 0 Å². The molecule has 2 unspecified atom stereocenters. The van der Waals surface area contributed by atoms with Crippen LogP contribution in [0.2, 0.25) is 0 Å². The molecular formula is C10H21N3O2S. The van der Waals surface area contributed by atoms with E-state index in [-0.39, 0.29) is 6.04 Å². The Morgan fingerprint density at radius 1 is 1.25 bits per heavy atom. The maximum absolute atomic E-state index is 12.0. The van der Waals surface area contributed by atoms with Crippen LogP contribution in [0.5, 0.6) is 0 Å². The third kappa shape index (κ3) is 2.94. The predicted molar refractivity (Wildman–Crippen MR) is 63.3 cm³/mol. The van der Waals surface area contributed by atoms with Crippen LogP contribution in [0.25, 0.3) is 0 Å². The van der Waals surface area contributed by atoms with Crippen molar-refractivity contribution in [2.75, 3.05) is 19.6 Å². The van der Waals surface area contributed by atoms with Crippen LogP contribution in [0.3, 0.4) is 0 Å². The fraction of sp³-hybridized carbons (Fsp3) is 1.00. The van der Waals surface area contributed by atoms with Gasteiger partial charge in [-0.15, -0.1) is 0 Å². The van der Waals surface area contributed by atoms with Gasteiger partial charge in [-0.1, -0.05) is 0 Å². The molecule has 0 aromatic heterocycles. The summed E-state index contributed by atoms with van der Waals surface area (Å²) in [6, 6.07) is 0.564. The molecule has 2 N–H and O–H groups in total. The lowest BCUT2D eigenvalue weighted by Crippen LogP contribution is -2.51. The Morgan fingerprint density at radius 3 is 2.50 bits per heavy atom. The monoisotopic (exact) mass is 247 g/mol. The van der Waals surface area contributed by atoms with E-state index in [4.69, 9.17) is 0 Å². The molecule has 0 bridgehead atoms. The molecule has 2 aliphatic rings. The smallest absolute Gasteiger partial charge is 0.279 e. The molecule has 2 rings (SSSR count). The topological polar surface area (TPSA) is 61.4 Å². The lowest BCUT2D eigenvalue weighted by Gasteiger charge is -2.29. The second-order valence-electron chi connectivity index (χ2n) is 4.81. The fourth-order valence-corrected chi connectivity index (χ4v) is 3.82. The minimum Gasteiger partial charge on any atom is -0.313 e. The van der Waals surface area contributed by atoms with Crippen molar-refractivity contribution in [3.05, 3.63) is 0 Å². The predicted octanol–water partition coefficient (Wildman–Crippen LogP) is 0.0571. The number of piperidine rings is 1. The second-order valence-corrected chi connectivity index (χ2v) is 6.51. The van der Waals surface area contributed by atoms with Gasteiger partial charge >= 0.3 is 0 Å². The molecule has 2 saturated heterocycles. The van der Waals surface area contributed by atoms with E-state index in [1.165, 1.54) is 0 Å². The molecule has 2 fully saturated rings. The summed E-state index contributed by atoms with van der Waals surface area (Å²) in [6.45, 7) is 4.22. The minimum absolute atomic E-state index is 0.0572. The molecule has 2 heterocycles. The van der Waals surface area contributed by atoms with Crippen molar-refractivity contribution in [3.8, 4) is 0 Å². The molecule has 0 aromatic rings. The quantitative estimate of drug-likeness (QED) is 0.741. The van der Waals surface area contributed by atoms with Gasteiger partial charge in [0.2, 0.25) is 0 Å². The van der Waals surface area contributed by atoms with Gasteiger partial charge in [0.15, 0.2) is 0 Å². The van der Waals surface area contributed by atoms with E-state index in [0.29, 0.717) is 19.1 Å². The molecule has 2 atom stereocenters. The van der Waals surface area contributed by atoms with Gasteiger partial charge in [0.25, 0.3) is 10.2 Å². The van der Waals surface area contributed by atoms with Crippen LogP contribution in [0.1, 0.15) is 32.6 Å². The average Bonchev–Trinajstić information content (AvgIpc) is 2.75. The van der Waals surface area contributed by atoms with E-state index in [1.54, 1.807) is 4.31 Å². The number of nitrogens with one attached hydrogen (secondary N) is 2. The Hall–Kier alpha value is -0.170. The molecule has 0 spiro atoms. The average molecular weight is 247 g/mol. The first-order valence-corrected chi connectivity index (χ1v) is 7.53. The Bertz CT molecular complexity index is 317. The lowest BCUT2D eigenvalue weighted by atomic mass is 10.0. The van der Waals surface area contributed by atoms with Gasteiger partial charge in [0, 0.05) is 31.7 Å². The van der Waals surface area contributed by atoms with Gasteiger partial charge < -0.3 is 5.32 Å². The first kappa shape index (κ1) is 12.3. The zero-order valence-corrected chi connectivity index (χ0v) is 10.6. The second kappa shape index (κ2) is 5.00. The molecule has 0 amide bonds. The van der Waals surface area contributed by atoms with Crippen LogP contribution < -0.4 is 10.0 Å². The van der Waals surface area contributed by atoms with Crippen molar-refractivity contribution >= 4 is 10.2 Å². The summed E-state index contributed by atoms with van der Waals surface area (Å²) >= 11 is 0. The van der Waals surface area contributed by atoms with Crippen LogP contribution in [0, 0.1) is 0 Å². The van der Waals surface area contributed by atoms with Gasteiger partial charge in [0.1, 0.15) is 0 Å². The zero-order valence-electron chi connectivity index (χ0n) is 9.78.